The van der Waals surface area contributed by atoms with Gasteiger partial charge in [0.15, 0.2) is 0 Å². The van der Waals surface area contributed by atoms with Crippen molar-refractivity contribution in [2.45, 2.75) is 45.7 Å². The molecule has 4 nitrogen and oxygen atoms in total. The molecule has 1 aromatic carbocycles. The summed E-state index contributed by atoms with van der Waals surface area (Å²) >= 11 is 12.6. The van der Waals surface area contributed by atoms with Crippen molar-refractivity contribution >= 4 is 39.9 Å². The number of aryl methyl sites for hydroxylation is 1. The molecular weight excluding hydrogens is 379 g/mol. The van der Waals surface area contributed by atoms with Gasteiger partial charge in [-0.05, 0) is 56.4 Å². The van der Waals surface area contributed by atoms with Crippen molar-refractivity contribution in [1.82, 2.24) is 14.8 Å². The van der Waals surface area contributed by atoms with E-state index in [2.05, 4.69) is 29.5 Å². The highest BCUT2D eigenvalue weighted by Gasteiger charge is 2.34. The van der Waals surface area contributed by atoms with Crippen LogP contribution in [-0.2, 0) is 6.54 Å². The van der Waals surface area contributed by atoms with E-state index in [-0.39, 0.29) is 0 Å². The van der Waals surface area contributed by atoms with Gasteiger partial charge < -0.3 is 4.90 Å². The maximum Gasteiger partial charge on any atom is 0.120 e. The van der Waals surface area contributed by atoms with Crippen LogP contribution in [0.15, 0.2) is 24.3 Å². The van der Waals surface area contributed by atoms with E-state index >= 15 is 0 Å². The van der Waals surface area contributed by atoms with E-state index < -0.39 is 0 Å². The molecule has 1 aliphatic carbocycles. The quantitative estimate of drug-likeness (QED) is 0.561. The van der Waals surface area contributed by atoms with Gasteiger partial charge in [-0.3, -0.25) is 4.68 Å². The van der Waals surface area contributed by atoms with Gasteiger partial charge in [0.2, 0.25) is 0 Å². The molecule has 0 radical (unpaired) electrons. The SMILES string of the molecule is CC[C@H]1Cn2nc(-c3ccc(Cl)cc3Cl)c3nc(C)cc(c32)N1CC1CC1. The number of hydrogen-bond acceptors (Lipinski definition) is 3. The van der Waals surface area contributed by atoms with Crippen LogP contribution in [0.25, 0.3) is 22.3 Å². The van der Waals surface area contributed by atoms with Crippen LogP contribution >= 0.6 is 23.2 Å². The zero-order valence-corrected chi connectivity index (χ0v) is 17.1. The van der Waals surface area contributed by atoms with E-state index in [9.17, 15) is 0 Å². The minimum atomic E-state index is 0.469. The first-order valence-corrected chi connectivity index (χ1v) is 10.4. The van der Waals surface area contributed by atoms with E-state index in [4.69, 9.17) is 33.3 Å². The molecule has 3 heterocycles. The van der Waals surface area contributed by atoms with Crippen LogP contribution in [0.5, 0.6) is 0 Å². The lowest BCUT2D eigenvalue weighted by molar-refractivity contribution is 0.453. The molecule has 2 aliphatic rings. The fourth-order valence-corrected chi connectivity index (χ4v) is 4.67. The van der Waals surface area contributed by atoms with Crippen molar-refractivity contribution in [3.8, 4) is 11.3 Å². The Kier molecular flexibility index (Phi) is 4.10. The Balaban J connectivity index is 1.73. The van der Waals surface area contributed by atoms with Crippen molar-refractivity contribution in [2.75, 3.05) is 11.4 Å². The van der Waals surface area contributed by atoms with E-state index in [1.54, 1.807) is 6.07 Å². The monoisotopic (exact) mass is 400 g/mol. The molecule has 140 valence electrons. The molecule has 2 aromatic heterocycles. The fraction of sp³-hybridized carbons (Fsp3) is 0.429. The predicted octanol–water partition coefficient (Wildman–Crippen LogP) is 5.72. The summed E-state index contributed by atoms with van der Waals surface area (Å²) in [5.41, 5.74) is 6.08. The zero-order chi connectivity index (χ0) is 18.7. The summed E-state index contributed by atoms with van der Waals surface area (Å²) in [7, 11) is 0. The first kappa shape index (κ1) is 17.3. The molecule has 1 atom stereocenters. The smallest absolute Gasteiger partial charge is 0.120 e. The van der Waals surface area contributed by atoms with Crippen molar-refractivity contribution in [3.63, 3.8) is 0 Å². The minimum Gasteiger partial charge on any atom is -0.365 e. The van der Waals surface area contributed by atoms with E-state index in [1.807, 2.05) is 12.1 Å². The maximum atomic E-state index is 6.50. The summed E-state index contributed by atoms with van der Waals surface area (Å²) in [6.45, 7) is 6.36. The number of aromatic nitrogens is 3. The number of hydrogen-bond donors (Lipinski definition) is 0. The number of benzene rings is 1. The Morgan fingerprint density at radius 1 is 1.19 bits per heavy atom. The van der Waals surface area contributed by atoms with Crippen LogP contribution in [0.3, 0.4) is 0 Å². The van der Waals surface area contributed by atoms with Crippen LogP contribution in [0.4, 0.5) is 5.69 Å². The standard InChI is InChI=1S/C21H22Cl2N4/c1-3-15-11-27-21-18(26(15)10-13-4-5-13)8-12(2)24-20(21)19(25-27)16-7-6-14(22)9-17(16)23/h6-9,13,15H,3-5,10-11H2,1-2H3/t15-/m0/s1. The van der Waals surface area contributed by atoms with Crippen molar-refractivity contribution < 1.29 is 0 Å². The van der Waals surface area contributed by atoms with E-state index in [0.717, 1.165) is 53.4 Å². The molecule has 0 saturated heterocycles. The molecule has 0 spiro atoms. The van der Waals surface area contributed by atoms with Gasteiger partial charge in [-0.25, -0.2) is 4.98 Å². The molecule has 0 unspecified atom stereocenters. The molecular formula is C21H22Cl2N4. The second-order valence-corrected chi connectivity index (χ2v) is 8.64. The second kappa shape index (κ2) is 6.39. The lowest BCUT2D eigenvalue weighted by Crippen LogP contribution is -2.42. The largest absolute Gasteiger partial charge is 0.365 e. The normalized spacial score (nSPS) is 19.1. The van der Waals surface area contributed by atoms with Gasteiger partial charge in [0, 0.05) is 28.9 Å². The Morgan fingerprint density at radius 3 is 2.70 bits per heavy atom. The van der Waals surface area contributed by atoms with Gasteiger partial charge in [-0.1, -0.05) is 30.1 Å². The molecule has 0 bridgehead atoms. The van der Waals surface area contributed by atoms with Crippen molar-refractivity contribution in [3.05, 3.63) is 40.0 Å². The Morgan fingerprint density at radius 2 is 2.00 bits per heavy atom. The summed E-state index contributed by atoms with van der Waals surface area (Å²) in [4.78, 5) is 7.46. The molecule has 1 fully saturated rings. The highest BCUT2D eigenvalue weighted by Crippen LogP contribution is 2.42. The zero-order valence-electron chi connectivity index (χ0n) is 15.5. The predicted molar refractivity (Wildman–Crippen MR) is 112 cm³/mol. The Hall–Kier alpha value is -1.78. The second-order valence-electron chi connectivity index (χ2n) is 7.79. The van der Waals surface area contributed by atoms with E-state index in [1.165, 1.54) is 18.5 Å². The molecule has 6 heteroatoms. The molecule has 3 aromatic rings. The summed E-state index contributed by atoms with van der Waals surface area (Å²) in [6.07, 6.45) is 3.81. The minimum absolute atomic E-state index is 0.469. The number of nitrogens with zero attached hydrogens (tertiary/aromatic N) is 4. The van der Waals surface area contributed by atoms with Gasteiger partial charge in [-0.15, -0.1) is 0 Å². The highest BCUT2D eigenvalue weighted by molar-refractivity contribution is 6.36. The summed E-state index contributed by atoms with van der Waals surface area (Å²) in [5.74, 6) is 0.835. The average Bonchev–Trinajstić information content (AvgIpc) is 3.38. The number of halogens is 2. The van der Waals surface area contributed by atoms with Gasteiger partial charge in [0.05, 0.1) is 17.3 Å². The van der Waals surface area contributed by atoms with Crippen LogP contribution in [0.2, 0.25) is 10.0 Å². The Labute approximate surface area is 169 Å². The van der Waals surface area contributed by atoms with Gasteiger partial charge >= 0.3 is 0 Å². The molecule has 1 aliphatic heterocycles. The van der Waals surface area contributed by atoms with Crippen LogP contribution < -0.4 is 4.90 Å². The third kappa shape index (κ3) is 2.90. The molecule has 27 heavy (non-hydrogen) atoms. The maximum absolute atomic E-state index is 6.50. The fourth-order valence-electron chi connectivity index (χ4n) is 4.17. The third-order valence-electron chi connectivity index (χ3n) is 5.75. The number of rotatable bonds is 4. The van der Waals surface area contributed by atoms with Crippen LogP contribution in [0, 0.1) is 12.8 Å². The topological polar surface area (TPSA) is 34.0 Å². The summed E-state index contributed by atoms with van der Waals surface area (Å²) < 4.78 is 2.13. The lowest BCUT2D eigenvalue weighted by atomic mass is 10.1. The molecule has 1 saturated carbocycles. The first-order valence-electron chi connectivity index (χ1n) is 9.65. The summed E-state index contributed by atoms with van der Waals surface area (Å²) in [5, 5.41) is 6.19. The van der Waals surface area contributed by atoms with Gasteiger partial charge in [0.1, 0.15) is 16.7 Å². The van der Waals surface area contributed by atoms with Crippen LogP contribution in [-0.4, -0.2) is 27.4 Å². The number of anilines is 1. The number of pyridine rings is 1. The Bertz CT molecular complexity index is 1040. The van der Waals surface area contributed by atoms with Gasteiger partial charge in [-0.2, -0.15) is 5.10 Å². The molecule has 0 N–H and O–H groups in total. The molecule has 5 rings (SSSR count). The first-order chi connectivity index (χ1) is 13.0. The van der Waals surface area contributed by atoms with Crippen molar-refractivity contribution in [2.24, 2.45) is 5.92 Å². The van der Waals surface area contributed by atoms with Gasteiger partial charge in [0.25, 0.3) is 0 Å². The van der Waals surface area contributed by atoms with Crippen molar-refractivity contribution in [1.29, 1.82) is 0 Å². The van der Waals surface area contributed by atoms with E-state index in [0.29, 0.717) is 16.1 Å². The summed E-state index contributed by atoms with van der Waals surface area (Å²) in [6, 6.07) is 8.26. The lowest BCUT2D eigenvalue weighted by Gasteiger charge is -2.37. The highest BCUT2D eigenvalue weighted by atomic mass is 35.5. The average molecular weight is 401 g/mol. The molecule has 0 amide bonds. The van der Waals surface area contributed by atoms with Crippen LogP contribution in [0.1, 0.15) is 31.9 Å². The third-order valence-corrected chi connectivity index (χ3v) is 6.29.